The number of amides is 1. The lowest BCUT2D eigenvalue weighted by atomic mass is 9.91. The third kappa shape index (κ3) is 24.4. The predicted octanol–water partition coefficient (Wildman–Crippen LogP) is 9.68. The van der Waals surface area contributed by atoms with Crippen LogP contribution in [0, 0.1) is 0 Å². The maximum atomic E-state index is 12.0. The molecular formula is C35H56F3NO6. The highest BCUT2D eigenvalue weighted by molar-refractivity contribution is 5.94. The molecule has 2 rings (SSSR count). The number of aldehydes is 1. The molecule has 0 aromatic heterocycles. The van der Waals surface area contributed by atoms with Crippen molar-refractivity contribution in [3.8, 4) is 11.5 Å². The molecule has 0 saturated carbocycles. The van der Waals surface area contributed by atoms with E-state index in [4.69, 9.17) is 9.47 Å². The Morgan fingerprint density at radius 2 is 1.36 bits per heavy atom. The lowest BCUT2D eigenvalue weighted by molar-refractivity contribution is -0.274. The van der Waals surface area contributed by atoms with Crippen molar-refractivity contribution in [2.45, 2.75) is 120 Å². The summed E-state index contributed by atoms with van der Waals surface area (Å²) in [4.78, 5) is 34.0. The summed E-state index contributed by atoms with van der Waals surface area (Å²) < 4.78 is 49.6. The third-order valence-electron chi connectivity index (χ3n) is 5.06. The molecule has 2 aromatic carbocycles. The Balaban J connectivity index is -0.000000701. The highest BCUT2D eigenvalue weighted by atomic mass is 19.4. The van der Waals surface area contributed by atoms with Gasteiger partial charge in [0.15, 0.2) is 0 Å². The van der Waals surface area contributed by atoms with Crippen molar-refractivity contribution in [1.29, 1.82) is 0 Å². The molecule has 0 bridgehead atoms. The largest absolute Gasteiger partial charge is 0.573 e. The van der Waals surface area contributed by atoms with Crippen molar-refractivity contribution in [2.75, 3.05) is 13.2 Å². The number of hydrogen-bond donors (Lipinski definition) is 1. The Morgan fingerprint density at radius 1 is 0.867 bits per heavy atom. The molecule has 0 heterocycles. The molecule has 0 fully saturated rings. The van der Waals surface area contributed by atoms with E-state index < -0.39 is 6.36 Å². The van der Waals surface area contributed by atoms with Gasteiger partial charge in [0.25, 0.3) is 5.91 Å². The van der Waals surface area contributed by atoms with Crippen LogP contribution in [0.4, 0.5) is 13.2 Å². The predicted molar refractivity (Wildman–Crippen MR) is 176 cm³/mol. The first-order valence-electron chi connectivity index (χ1n) is 15.2. The maximum Gasteiger partial charge on any atom is 0.573 e. The Hall–Kier alpha value is -3.56. The molecule has 45 heavy (non-hydrogen) atoms. The smallest absolute Gasteiger partial charge is 0.488 e. The number of hydrogen-bond acceptors (Lipinski definition) is 6. The molecule has 258 valence electrons. The summed E-state index contributed by atoms with van der Waals surface area (Å²) in [6.07, 6.45) is 0.148. The van der Waals surface area contributed by atoms with E-state index in [1.807, 2.05) is 46.8 Å². The number of ether oxygens (including phenoxy) is 3. The van der Waals surface area contributed by atoms with Crippen LogP contribution in [0.3, 0.4) is 0 Å². The summed E-state index contributed by atoms with van der Waals surface area (Å²) in [5, 5.41) is 2.69. The lowest BCUT2D eigenvalue weighted by Crippen LogP contribution is -2.26. The summed E-state index contributed by atoms with van der Waals surface area (Å²) in [5.41, 5.74) is 1.23. The van der Waals surface area contributed by atoms with Gasteiger partial charge in [-0.25, -0.2) is 0 Å². The summed E-state index contributed by atoms with van der Waals surface area (Å²) in [5.74, 6) is -0.0862. The second kappa shape index (κ2) is 25.7. The molecule has 0 aliphatic carbocycles. The molecule has 1 unspecified atom stereocenters. The summed E-state index contributed by atoms with van der Waals surface area (Å²) in [6, 6.07) is 12.6. The summed E-state index contributed by atoms with van der Waals surface area (Å²) in [6.45, 7) is 18.2. The molecule has 7 nitrogen and oxygen atoms in total. The number of halogens is 3. The van der Waals surface area contributed by atoms with Crippen LogP contribution in [-0.4, -0.2) is 43.3 Å². The van der Waals surface area contributed by atoms with Crippen molar-refractivity contribution in [3.63, 3.8) is 0 Å². The van der Waals surface area contributed by atoms with E-state index in [9.17, 15) is 27.6 Å². The quantitative estimate of drug-likeness (QED) is 0.183. The van der Waals surface area contributed by atoms with Crippen LogP contribution >= 0.6 is 0 Å². The van der Waals surface area contributed by atoms with Gasteiger partial charge in [0, 0.05) is 18.5 Å². The van der Waals surface area contributed by atoms with Gasteiger partial charge in [0.1, 0.15) is 23.4 Å². The molecule has 0 aliphatic rings. The average Bonchev–Trinajstić information content (AvgIpc) is 2.94. The van der Waals surface area contributed by atoms with Gasteiger partial charge < -0.3 is 24.3 Å². The maximum absolute atomic E-state index is 12.0. The van der Waals surface area contributed by atoms with Crippen molar-refractivity contribution in [2.24, 2.45) is 0 Å². The minimum Gasteiger partial charge on any atom is -0.488 e. The fourth-order valence-corrected chi connectivity index (χ4v) is 3.47. The van der Waals surface area contributed by atoms with E-state index in [1.54, 1.807) is 19.1 Å². The van der Waals surface area contributed by atoms with Crippen LogP contribution in [-0.2, 0) is 14.3 Å². The topological polar surface area (TPSA) is 90.9 Å². The number of benzene rings is 2. The van der Waals surface area contributed by atoms with Gasteiger partial charge in [-0.3, -0.25) is 9.59 Å². The fraction of sp³-hybridized carbons (Fsp3) is 0.571. The van der Waals surface area contributed by atoms with E-state index in [2.05, 4.69) is 30.8 Å². The van der Waals surface area contributed by atoms with Gasteiger partial charge in [-0.05, 0) is 82.0 Å². The second-order valence-corrected chi connectivity index (χ2v) is 10.3. The second-order valence-electron chi connectivity index (χ2n) is 10.3. The molecule has 1 atom stereocenters. The highest BCUT2D eigenvalue weighted by Crippen LogP contribution is 2.26. The minimum atomic E-state index is -4.66. The Bertz CT molecular complexity index is 998. The summed E-state index contributed by atoms with van der Waals surface area (Å²) >= 11 is 0. The summed E-state index contributed by atoms with van der Waals surface area (Å²) in [7, 11) is 0. The Kier molecular flexibility index (Phi) is 26.2. The standard InChI is InChI=1S/C18H25NO4.C11H13F3O2.C3H8.C2H6.CH4/c1-3-5-14(11-13-20)15-6-8-16(9-7-15)18(22)19-12-10-17(21)23-4-2;1-10(2,3)15-8-4-6-9(7-5-8)16-11(12,13)14;1-3-2;1-2;/h6-9,13-14H,3-5,10-12H2,1-2H3,(H,19,22);4-7H,1-3H3;3H2,1-2H3;1-2H3;1H4. The minimum absolute atomic E-state index is 0. The fourth-order valence-electron chi connectivity index (χ4n) is 3.47. The first-order valence-corrected chi connectivity index (χ1v) is 15.2. The highest BCUT2D eigenvalue weighted by Gasteiger charge is 2.31. The van der Waals surface area contributed by atoms with Crippen molar-refractivity contribution in [1.82, 2.24) is 5.32 Å². The van der Waals surface area contributed by atoms with Crippen molar-refractivity contribution < 1.29 is 41.8 Å². The van der Waals surface area contributed by atoms with Gasteiger partial charge in [-0.1, -0.05) is 67.0 Å². The first-order chi connectivity index (χ1) is 20.7. The molecular weight excluding hydrogens is 587 g/mol. The lowest BCUT2D eigenvalue weighted by Gasteiger charge is -2.21. The zero-order chi connectivity index (χ0) is 34.2. The number of nitrogens with one attached hydrogen (secondary N) is 1. The zero-order valence-electron chi connectivity index (χ0n) is 27.8. The third-order valence-corrected chi connectivity index (χ3v) is 5.06. The number of rotatable bonds is 12. The SMILES string of the molecule is C.CC.CC(C)(C)Oc1ccc(OC(F)(F)F)cc1.CCC.CCCC(CC=O)c1ccc(C(=O)NCCC(=O)OCC)cc1. The van der Waals surface area contributed by atoms with E-state index in [-0.39, 0.29) is 49.5 Å². The monoisotopic (exact) mass is 643 g/mol. The van der Waals surface area contributed by atoms with Gasteiger partial charge in [0.05, 0.1) is 13.0 Å². The Morgan fingerprint density at radius 3 is 1.76 bits per heavy atom. The molecule has 2 aromatic rings. The van der Waals surface area contributed by atoms with Crippen molar-refractivity contribution in [3.05, 3.63) is 59.7 Å². The molecule has 0 spiro atoms. The van der Waals surface area contributed by atoms with Gasteiger partial charge in [-0.2, -0.15) is 0 Å². The number of carbonyl (C=O) groups is 3. The van der Waals surface area contributed by atoms with Crippen molar-refractivity contribution >= 4 is 18.2 Å². The number of esters is 1. The van der Waals surface area contributed by atoms with Gasteiger partial charge >= 0.3 is 12.3 Å². The number of carbonyl (C=O) groups excluding carboxylic acids is 3. The first kappa shape index (κ1) is 45.9. The van der Waals surface area contributed by atoms with Crippen LogP contribution in [0.1, 0.15) is 124 Å². The van der Waals surface area contributed by atoms with Gasteiger partial charge in [0.2, 0.25) is 0 Å². The van der Waals surface area contributed by atoms with E-state index in [0.717, 1.165) is 24.7 Å². The van der Waals surface area contributed by atoms with E-state index >= 15 is 0 Å². The Labute approximate surface area is 269 Å². The molecule has 0 radical (unpaired) electrons. The zero-order valence-corrected chi connectivity index (χ0v) is 27.8. The molecule has 1 amide bonds. The van der Waals surface area contributed by atoms with Crippen LogP contribution < -0.4 is 14.8 Å². The van der Waals surface area contributed by atoms with Crippen LogP contribution in [0.5, 0.6) is 11.5 Å². The average molecular weight is 644 g/mol. The molecule has 1 N–H and O–H groups in total. The van der Waals surface area contributed by atoms with Crippen LogP contribution in [0.25, 0.3) is 0 Å². The molecule has 0 aliphatic heterocycles. The molecule has 0 saturated heterocycles. The van der Waals surface area contributed by atoms with Crippen LogP contribution in [0.2, 0.25) is 0 Å². The van der Waals surface area contributed by atoms with E-state index in [0.29, 0.717) is 24.3 Å². The van der Waals surface area contributed by atoms with E-state index in [1.165, 1.54) is 30.7 Å². The normalized spacial score (nSPS) is 10.8. The van der Waals surface area contributed by atoms with Crippen LogP contribution in [0.15, 0.2) is 48.5 Å². The molecule has 10 heteroatoms. The number of alkyl halides is 3. The van der Waals surface area contributed by atoms with Gasteiger partial charge in [-0.15, -0.1) is 13.2 Å².